The van der Waals surface area contributed by atoms with E-state index in [0.29, 0.717) is 12.4 Å². The standard InChI is InChI=1S/C21H22N4O/c1-3-16-9-6-7-11-18(16)25-21(26)19-13-24-20(14-22-19)23-12-17-10-5-4-8-15(17)2/h4-11,13-14H,3,12H2,1-2H3,(H,23,24)(H,25,26). The molecule has 0 aliphatic heterocycles. The molecule has 0 fully saturated rings. The van der Waals surface area contributed by atoms with Crippen molar-refractivity contribution in [3.05, 3.63) is 83.3 Å². The van der Waals surface area contributed by atoms with Gasteiger partial charge in [0.1, 0.15) is 11.5 Å². The molecule has 0 aliphatic rings. The number of carbonyl (C=O) groups excluding carboxylic acids is 1. The molecule has 132 valence electrons. The lowest BCUT2D eigenvalue weighted by Crippen LogP contribution is -2.15. The first kappa shape index (κ1) is 17.6. The zero-order valence-corrected chi connectivity index (χ0v) is 15.0. The van der Waals surface area contributed by atoms with Crippen molar-refractivity contribution in [2.45, 2.75) is 26.8 Å². The summed E-state index contributed by atoms with van der Waals surface area (Å²) in [4.78, 5) is 20.9. The second-order valence-electron chi connectivity index (χ2n) is 6.03. The highest BCUT2D eigenvalue weighted by Gasteiger charge is 2.10. The molecule has 0 atom stereocenters. The van der Waals surface area contributed by atoms with Gasteiger partial charge in [-0.3, -0.25) is 4.79 Å². The van der Waals surface area contributed by atoms with Crippen LogP contribution in [0.25, 0.3) is 0 Å². The van der Waals surface area contributed by atoms with Gasteiger partial charge in [0, 0.05) is 12.2 Å². The summed E-state index contributed by atoms with van der Waals surface area (Å²) in [6.45, 7) is 4.79. The van der Waals surface area contributed by atoms with Gasteiger partial charge < -0.3 is 10.6 Å². The van der Waals surface area contributed by atoms with Crippen molar-refractivity contribution in [3.63, 3.8) is 0 Å². The number of para-hydroxylation sites is 1. The van der Waals surface area contributed by atoms with Crippen LogP contribution < -0.4 is 10.6 Å². The van der Waals surface area contributed by atoms with Gasteiger partial charge in [-0.1, -0.05) is 49.4 Å². The summed E-state index contributed by atoms with van der Waals surface area (Å²) in [5.74, 6) is 0.377. The first-order chi connectivity index (χ1) is 12.7. The molecule has 0 spiro atoms. The van der Waals surface area contributed by atoms with Crippen LogP contribution in [0.3, 0.4) is 0 Å². The van der Waals surface area contributed by atoms with E-state index in [-0.39, 0.29) is 11.6 Å². The van der Waals surface area contributed by atoms with Gasteiger partial charge in [-0.15, -0.1) is 0 Å². The molecular weight excluding hydrogens is 324 g/mol. The molecule has 1 heterocycles. The molecule has 2 N–H and O–H groups in total. The van der Waals surface area contributed by atoms with Gasteiger partial charge in [0.25, 0.3) is 5.91 Å². The quantitative estimate of drug-likeness (QED) is 0.701. The Morgan fingerprint density at radius 3 is 2.38 bits per heavy atom. The zero-order valence-electron chi connectivity index (χ0n) is 15.0. The Bertz CT molecular complexity index is 891. The van der Waals surface area contributed by atoms with Crippen LogP contribution in [0.4, 0.5) is 11.5 Å². The number of benzene rings is 2. The topological polar surface area (TPSA) is 66.9 Å². The van der Waals surface area contributed by atoms with E-state index in [9.17, 15) is 4.79 Å². The second kappa shape index (κ2) is 8.25. The highest BCUT2D eigenvalue weighted by Crippen LogP contribution is 2.16. The summed E-state index contributed by atoms with van der Waals surface area (Å²) in [5, 5.41) is 6.13. The van der Waals surface area contributed by atoms with Gasteiger partial charge in [-0.25, -0.2) is 9.97 Å². The van der Waals surface area contributed by atoms with Crippen LogP contribution in [0.1, 0.15) is 34.1 Å². The molecule has 0 unspecified atom stereocenters. The van der Waals surface area contributed by atoms with E-state index in [2.05, 4.69) is 46.6 Å². The fourth-order valence-electron chi connectivity index (χ4n) is 2.67. The maximum absolute atomic E-state index is 12.4. The van der Waals surface area contributed by atoms with Gasteiger partial charge in [0.2, 0.25) is 0 Å². The predicted octanol–water partition coefficient (Wildman–Crippen LogP) is 4.21. The van der Waals surface area contributed by atoms with E-state index < -0.39 is 0 Å². The summed E-state index contributed by atoms with van der Waals surface area (Å²) in [6.07, 6.45) is 3.92. The minimum atomic E-state index is -0.260. The smallest absolute Gasteiger partial charge is 0.275 e. The molecule has 5 heteroatoms. The fraction of sp³-hybridized carbons (Fsp3) is 0.190. The van der Waals surface area contributed by atoms with Crippen molar-refractivity contribution < 1.29 is 4.79 Å². The van der Waals surface area contributed by atoms with Crippen molar-refractivity contribution in [3.8, 4) is 0 Å². The summed E-state index contributed by atoms with van der Waals surface area (Å²) in [5.41, 5.74) is 4.61. The maximum atomic E-state index is 12.4. The van der Waals surface area contributed by atoms with Gasteiger partial charge in [-0.2, -0.15) is 0 Å². The second-order valence-corrected chi connectivity index (χ2v) is 6.03. The minimum absolute atomic E-state index is 0.260. The van der Waals surface area contributed by atoms with E-state index in [1.54, 1.807) is 6.20 Å². The van der Waals surface area contributed by atoms with E-state index in [1.807, 2.05) is 36.4 Å². The number of nitrogens with one attached hydrogen (secondary N) is 2. The number of hydrogen-bond acceptors (Lipinski definition) is 4. The molecule has 1 aromatic heterocycles. The lowest BCUT2D eigenvalue weighted by atomic mass is 10.1. The molecule has 3 rings (SSSR count). The number of aryl methyl sites for hydroxylation is 2. The number of amides is 1. The lowest BCUT2D eigenvalue weighted by Gasteiger charge is -2.10. The first-order valence-corrected chi connectivity index (χ1v) is 8.67. The summed E-state index contributed by atoms with van der Waals surface area (Å²) < 4.78 is 0. The number of aromatic nitrogens is 2. The monoisotopic (exact) mass is 346 g/mol. The summed E-state index contributed by atoms with van der Waals surface area (Å²) in [7, 11) is 0. The van der Waals surface area contributed by atoms with Gasteiger partial charge in [0.05, 0.1) is 12.4 Å². The number of rotatable bonds is 6. The number of hydrogen-bond donors (Lipinski definition) is 2. The summed E-state index contributed by atoms with van der Waals surface area (Å²) in [6, 6.07) is 15.9. The highest BCUT2D eigenvalue weighted by atomic mass is 16.1. The third-order valence-electron chi connectivity index (χ3n) is 4.25. The SMILES string of the molecule is CCc1ccccc1NC(=O)c1cnc(NCc2ccccc2C)cn1. The van der Waals surface area contributed by atoms with Crippen LogP contribution >= 0.6 is 0 Å². The molecule has 0 saturated heterocycles. The molecule has 26 heavy (non-hydrogen) atoms. The van der Waals surface area contributed by atoms with Crippen molar-refractivity contribution in [1.82, 2.24) is 9.97 Å². The van der Waals surface area contributed by atoms with Crippen LogP contribution in [-0.2, 0) is 13.0 Å². The Labute approximate surface area is 153 Å². The van der Waals surface area contributed by atoms with Crippen molar-refractivity contribution in [2.24, 2.45) is 0 Å². The van der Waals surface area contributed by atoms with Gasteiger partial charge in [0.15, 0.2) is 0 Å². The lowest BCUT2D eigenvalue weighted by molar-refractivity contribution is 0.102. The molecule has 3 aromatic rings. The van der Waals surface area contributed by atoms with Crippen LogP contribution in [0.5, 0.6) is 0 Å². The molecule has 0 bridgehead atoms. The number of carbonyl (C=O) groups is 1. The fourth-order valence-corrected chi connectivity index (χ4v) is 2.67. The highest BCUT2D eigenvalue weighted by molar-refractivity contribution is 6.03. The Hall–Kier alpha value is -3.21. The van der Waals surface area contributed by atoms with E-state index in [0.717, 1.165) is 17.7 Å². The van der Waals surface area contributed by atoms with E-state index >= 15 is 0 Å². The van der Waals surface area contributed by atoms with Crippen molar-refractivity contribution in [2.75, 3.05) is 10.6 Å². The molecule has 0 aliphatic carbocycles. The average molecular weight is 346 g/mol. The molecule has 2 aromatic carbocycles. The third kappa shape index (κ3) is 4.25. The number of nitrogens with zero attached hydrogens (tertiary/aromatic N) is 2. The van der Waals surface area contributed by atoms with Crippen LogP contribution in [0.15, 0.2) is 60.9 Å². The molecule has 0 radical (unpaired) electrons. The molecule has 0 saturated carbocycles. The average Bonchev–Trinajstić information content (AvgIpc) is 2.68. The van der Waals surface area contributed by atoms with Crippen molar-refractivity contribution in [1.29, 1.82) is 0 Å². The van der Waals surface area contributed by atoms with Crippen LogP contribution in [0.2, 0.25) is 0 Å². The Morgan fingerprint density at radius 2 is 1.69 bits per heavy atom. The van der Waals surface area contributed by atoms with Gasteiger partial charge in [-0.05, 0) is 36.1 Å². The zero-order chi connectivity index (χ0) is 18.4. The number of anilines is 2. The van der Waals surface area contributed by atoms with Crippen LogP contribution in [0, 0.1) is 6.92 Å². The van der Waals surface area contributed by atoms with Crippen molar-refractivity contribution >= 4 is 17.4 Å². The van der Waals surface area contributed by atoms with Crippen LogP contribution in [-0.4, -0.2) is 15.9 Å². The largest absolute Gasteiger partial charge is 0.365 e. The minimum Gasteiger partial charge on any atom is -0.365 e. The molecular formula is C21H22N4O. The Kier molecular flexibility index (Phi) is 5.59. The first-order valence-electron chi connectivity index (χ1n) is 8.67. The molecule has 1 amide bonds. The Balaban J connectivity index is 1.63. The normalized spacial score (nSPS) is 10.4. The summed E-state index contributed by atoms with van der Waals surface area (Å²) >= 11 is 0. The third-order valence-corrected chi connectivity index (χ3v) is 4.25. The van der Waals surface area contributed by atoms with E-state index in [1.165, 1.54) is 17.3 Å². The molecule has 5 nitrogen and oxygen atoms in total. The van der Waals surface area contributed by atoms with E-state index in [4.69, 9.17) is 0 Å². The Morgan fingerprint density at radius 1 is 0.962 bits per heavy atom. The van der Waals surface area contributed by atoms with Gasteiger partial charge >= 0.3 is 0 Å². The maximum Gasteiger partial charge on any atom is 0.275 e. The predicted molar refractivity (Wildman–Crippen MR) is 104 cm³/mol.